The van der Waals surface area contributed by atoms with Gasteiger partial charge in [-0.25, -0.2) is 0 Å². The largest absolute Gasteiger partial charge is 0.308 e. The van der Waals surface area contributed by atoms with E-state index in [2.05, 4.69) is 40.6 Å². The number of piperazine rings is 1. The molecule has 1 aliphatic rings. The molecule has 3 rings (SSSR count). The number of nitrogens with zero attached hydrogens (tertiary/aromatic N) is 3. The van der Waals surface area contributed by atoms with Crippen molar-refractivity contribution in [3.8, 4) is 0 Å². The van der Waals surface area contributed by atoms with E-state index >= 15 is 0 Å². The van der Waals surface area contributed by atoms with E-state index in [-0.39, 0.29) is 0 Å². The molecule has 1 saturated heterocycles. The van der Waals surface area contributed by atoms with Crippen LogP contribution < -0.4 is 5.32 Å². The van der Waals surface area contributed by atoms with Crippen LogP contribution in [0.5, 0.6) is 0 Å². The first-order chi connectivity index (χ1) is 8.24. The maximum absolute atomic E-state index is 4.28. The fraction of sp³-hybridized carbons (Fsp3) is 0.462. The number of benzene rings is 1. The van der Waals surface area contributed by atoms with Gasteiger partial charge in [-0.15, -0.1) is 0 Å². The Kier molecular flexibility index (Phi) is 2.61. The second-order valence-electron chi connectivity index (χ2n) is 4.86. The average molecular weight is 230 g/mol. The quantitative estimate of drug-likeness (QED) is 0.798. The van der Waals surface area contributed by atoms with E-state index in [9.17, 15) is 0 Å². The molecule has 1 aromatic carbocycles. The second kappa shape index (κ2) is 4.13. The second-order valence-corrected chi connectivity index (χ2v) is 4.86. The minimum atomic E-state index is 0.443. The molecule has 1 aliphatic heterocycles. The zero-order valence-corrected chi connectivity index (χ0v) is 10.3. The molecule has 0 amide bonds. The van der Waals surface area contributed by atoms with E-state index in [0.29, 0.717) is 6.04 Å². The summed E-state index contributed by atoms with van der Waals surface area (Å²) in [5, 5.41) is 9.07. The lowest BCUT2D eigenvalue weighted by Crippen LogP contribution is -2.43. The number of nitrogens with one attached hydrogen (secondary N) is 1. The van der Waals surface area contributed by atoms with Crippen LogP contribution >= 0.6 is 0 Å². The predicted octanol–water partition coefficient (Wildman–Crippen LogP) is 1.15. The molecule has 4 nitrogen and oxygen atoms in total. The Morgan fingerprint density at radius 1 is 1.35 bits per heavy atom. The average Bonchev–Trinajstić information content (AvgIpc) is 2.71. The van der Waals surface area contributed by atoms with E-state index in [0.717, 1.165) is 19.6 Å². The third-order valence-corrected chi connectivity index (χ3v) is 3.55. The minimum Gasteiger partial charge on any atom is -0.308 e. The lowest BCUT2D eigenvalue weighted by molar-refractivity contribution is 0.241. The van der Waals surface area contributed by atoms with Crippen LogP contribution in [0.25, 0.3) is 10.9 Å². The van der Waals surface area contributed by atoms with Crippen molar-refractivity contribution in [3.63, 3.8) is 0 Å². The first-order valence-corrected chi connectivity index (χ1v) is 6.07. The topological polar surface area (TPSA) is 33.1 Å². The molecule has 0 saturated carbocycles. The van der Waals surface area contributed by atoms with Crippen LogP contribution in [0.4, 0.5) is 0 Å². The van der Waals surface area contributed by atoms with Crippen molar-refractivity contribution < 1.29 is 0 Å². The summed E-state index contributed by atoms with van der Waals surface area (Å²) >= 11 is 0. The Bertz CT molecular complexity index is 531. The molecule has 0 spiro atoms. The van der Waals surface area contributed by atoms with Crippen LogP contribution in [0.3, 0.4) is 0 Å². The molecule has 90 valence electrons. The third kappa shape index (κ3) is 1.94. The number of hydrogen-bond acceptors (Lipinski definition) is 3. The summed E-state index contributed by atoms with van der Waals surface area (Å²) in [5.74, 6) is 0. The number of aryl methyl sites for hydroxylation is 1. The third-order valence-electron chi connectivity index (χ3n) is 3.55. The maximum Gasteiger partial charge on any atom is 0.0679 e. The molecule has 4 heteroatoms. The Morgan fingerprint density at radius 2 is 2.24 bits per heavy atom. The van der Waals surface area contributed by atoms with Gasteiger partial charge in [-0.05, 0) is 24.7 Å². The van der Waals surface area contributed by atoms with Gasteiger partial charge in [0, 0.05) is 38.1 Å². The Balaban J connectivity index is 1.94. The fourth-order valence-electron chi connectivity index (χ4n) is 2.52. The van der Waals surface area contributed by atoms with Crippen molar-refractivity contribution in [2.24, 2.45) is 7.05 Å². The number of hydrogen-bond donors (Lipinski definition) is 1. The fourth-order valence-corrected chi connectivity index (χ4v) is 2.52. The first kappa shape index (κ1) is 10.7. The van der Waals surface area contributed by atoms with Gasteiger partial charge in [0.1, 0.15) is 0 Å². The van der Waals surface area contributed by atoms with E-state index < -0.39 is 0 Å². The van der Waals surface area contributed by atoms with Gasteiger partial charge in [-0.1, -0.05) is 6.07 Å². The van der Waals surface area contributed by atoms with Crippen molar-refractivity contribution in [1.82, 2.24) is 20.0 Å². The molecule has 1 unspecified atom stereocenters. The van der Waals surface area contributed by atoms with Gasteiger partial charge in [-0.2, -0.15) is 5.10 Å². The number of rotatable bonds is 1. The molecule has 1 N–H and O–H groups in total. The van der Waals surface area contributed by atoms with Gasteiger partial charge in [0.25, 0.3) is 0 Å². The van der Waals surface area contributed by atoms with Gasteiger partial charge < -0.3 is 10.2 Å². The van der Waals surface area contributed by atoms with Gasteiger partial charge in [0.05, 0.1) is 11.7 Å². The molecular formula is C13H18N4. The van der Waals surface area contributed by atoms with Crippen molar-refractivity contribution in [3.05, 3.63) is 30.0 Å². The summed E-state index contributed by atoms with van der Waals surface area (Å²) in [7, 11) is 4.16. The Morgan fingerprint density at radius 3 is 3.06 bits per heavy atom. The van der Waals surface area contributed by atoms with E-state index in [4.69, 9.17) is 0 Å². The highest BCUT2D eigenvalue weighted by molar-refractivity contribution is 5.79. The van der Waals surface area contributed by atoms with Crippen molar-refractivity contribution in [1.29, 1.82) is 0 Å². The summed E-state index contributed by atoms with van der Waals surface area (Å²) in [4.78, 5) is 2.37. The smallest absolute Gasteiger partial charge is 0.0679 e. The molecule has 1 aromatic heterocycles. The highest BCUT2D eigenvalue weighted by Crippen LogP contribution is 2.21. The van der Waals surface area contributed by atoms with Gasteiger partial charge in [0.2, 0.25) is 0 Å². The number of likely N-dealkylation sites (N-methyl/N-ethyl adjacent to an activating group) is 1. The lowest BCUT2D eigenvalue weighted by Gasteiger charge is -2.31. The van der Waals surface area contributed by atoms with Crippen LogP contribution in [0.1, 0.15) is 11.6 Å². The van der Waals surface area contributed by atoms with E-state index in [1.165, 1.54) is 16.5 Å². The molecule has 17 heavy (non-hydrogen) atoms. The summed E-state index contributed by atoms with van der Waals surface area (Å²) in [6.45, 7) is 3.27. The summed E-state index contributed by atoms with van der Waals surface area (Å²) in [5.41, 5.74) is 2.55. The van der Waals surface area contributed by atoms with Crippen molar-refractivity contribution >= 4 is 10.9 Å². The first-order valence-electron chi connectivity index (χ1n) is 6.07. The molecule has 0 radical (unpaired) electrons. The normalized spacial score (nSPS) is 22.1. The number of fused-ring (bicyclic) bond motifs is 1. The molecule has 1 fully saturated rings. The zero-order valence-electron chi connectivity index (χ0n) is 10.3. The molecule has 0 bridgehead atoms. The number of aromatic nitrogens is 2. The molecular weight excluding hydrogens is 212 g/mol. The molecule has 2 heterocycles. The standard InChI is InChI=1S/C13H18N4/c1-16-6-5-14-12(9-16)10-3-4-13-11(7-10)8-15-17(13)2/h3-4,7-8,12,14H,5-6,9H2,1-2H3. The minimum absolute atomic E-state index is 0.443. The Hall–Kier alpha value is -1.39. The SMILES string of the molecule is CN1CCNC(c2ccc3c(cnn3C)c2)C1. The highest BCUT2D eigenvalue weighted by Gasteiger charge is 2.18. The summed E-state index contributed by atoms with van der Waals surface area (Å²) in [6.07, 6.45) is 1.94. The van der Waals surface area contributed by atoms with E-state index in [1.807, 2.05) is 17.9 Å². The maximum atomic E-state index is 4.28. The van der Waals surface area contributed by atoms with Crippen molar-refractivity contribution in [2.45, 2.75) is 6.04 Å². The van der Waals surface area contributed by atoms with Crippen LogP contribution in [-0.4, -0.2) is 41.4 Å². The lowest BCUT2D eigenvalue weighted by atomic mass is 10.0. The predicted molar refractivity (Wildman–Crippen MR) is 69.0 cm³/mol. The van der Waals surface area contributed by atoms with E-state index in [1.54, 1.807) is 0 Å². The van der Waals surface area contributed by atoms with Crippen LogP contribution in [0, 0.1) is 0 Å². The summed E-state index contributed by atoms with van der Waals surface area (Å²) in [6, 6.07) is 7.06. The van der Waals surface area contributed by atoms with Crippen LogP contribution in [-0.2, 0) is 7.05 Å². The molecule has 2 aromatic rings. The Labute approximate surface area is 101 Å². The van der Waals surface area contributed by atoms with Crippen molar-refractivity contribution in [2.75, 3.05) is 26.7 Å². The highest BCUT2D eigenvalue weighted by atomic mass is 15.2. The monoisotopic (exact) mass is 230 g/mol. The van der Waals surface area contributed by atoms with Gasteiger partial charge >= 0.3 is 0 Å². The van der Waals surface area contributed by atoms with Gasteiger partial charge in [-0.3, -0.25) is 4.68 Å². The molecule has 1 atom stereocenters. The zero-order chi connectivity index (χ0) is 11.8. The molecule has 0 aliphatic carbocycles. The van der Waals surface area contributed by atoms with Gasteiger partial charge in [0.15, 0.2) is 0 Å². The van der Waals surface area contributed by atoms with Crippen LogP contribution in [0.2, 0.25) is 0 Å². The van der Waals surface area contributed by atoms with Crippen LogP contribution in [0.15, 0.2) is 24.4 Å². The summed E-state index contributed by atoms with van der Waals surface area (Å²) < 4.78 is 1.92.